The van der Waals surface area contributed by atoms with Crippen LogP contribution >= 0.6 is 0 Å². The van der Waals surface area contributed by atoms with Crippen molar-refractivity contribution in [1.29, 1.82) is 0 Å². The molecule has 4 amide bonds. The van der Waals surface area contributed by atoms with Crippen LogP contribution in [-0.2, 0) is 32.0 Å². The molecule has 0 spiro atoms. The summed E-state index contributed by atoms with van der Waals surface area (Å²) in [6, 6.07) is 1.86. The van der Waals surface area contributed by atoms with Crippen molar-refractivity contribution in [2.75, 3.05) is 11.9 Å². The van der Waals surface area contributed by atoms with Gasteiger partial charge in [-0.1, -0.05) is 37.3 Å². The number of aromatic nitrogens is 1. The minimum atomic E-state index is -0.837. The fourth-order valence-corrected chi connectivity index (χ4v) is 5.08. The van der Waals surface area contributed by atoms with Crippen LogP contribution in [0.2, 0.25) is 0 Å². The zero-order chi connectivity index (χ0) is 31.9. The lowest BCUT2D eigenvalue weighted by molar-refractivity contribution is -0.131. The highest BCUT2D eigenvalue weighted by atomic mass is 16.6. The smallest absolute Gasteiger partial charge is 0.413 e. The molecule has 4 atom stereocenters. The molecule has 0 bridgehead atoms. The van der Waals surface area contributed by atoms with Crippen molar-refractivity contribution in [3.05, 3.63) is 47.7 Å². The number of allylic oxidation sites excluding steroid dienone is 4. The van der Waals surface area contributed by atoms with Crippen LogP contribution < -0.4 is 16.0 Å². The predicted molar refractivity (Wildman–Crippen MR) is 164 cm³/mol. The highest BCUT2D eigenvalue weighted by molar-refractivity contribution is 5.91. The Balaban J connectivity index is 1.61. The zero-order valence-corrected chi connectivity index (χ0v) is 26.7. The Bertz CT molecular complexity index is 1250. The van der Waals surface area contributed by atoms with Crippen LogP contribution in [0, 0.1) is 11.8 Å². The van der Waals surface area contributed by atoms with Crippen molar-refractivity contribution >= 4 is 29.8 Å². The van der Waals surface area contributed by atoms with Gasteiger partial charge in [0.25, 0.3) is 0 Å². The van der Waals surface area contributed by atoms with Gasteiger partial charge in [0.1, 0.15) is 29.1 Å². The molecule has 1 aromatic rings. The molecule has 0 saturated carbocycles. The Kier molecular flexibility index (Phi) is 11.0. The lowest BCUT2D eigenvalue weighted by Crippen LogP contribution is -2.52. The minimum Gasteiger partial charge on any atom is -0.444 e. The first-order chi connectivity index (χ1) is 20.1. The van der Waals surface area contributed by atoms with E-state index in [1.54, 1.807) is 60.6 Å². The molecule has 3 N–H and O–H groups in total. The fourth-order valence-electron chi connectivity index (χ4n) is 5.08. The molecule has 1 saturated heterocycles. The van der Waals surface area contributed by atoms with Gasteiger partial charge in [0, 0.05) is 18.8 Å². The number of carbonyl (C=O) groups is 4. The summed E-state index contributed by atoms with van der Waals surface area (Å²) in [5, 5.41) is 8.28. The van der Waals surface area contributed by atoms with Gasteiger partial charge < -0.3 is 20.1 Å². The van der Waals surface area contributed by atoms with E-state index in [0.717, 1.165) is 12.0 Å². The van der Waals surface area contributed by atoms with Gasteiger partial charge in [-0.3, -0.25) is 19.8 Å². The van der Waals surface area contributed by atoms with Crippen LogP contribution in [0.5, 0.6) is 0 Å². The minimum absolute atomic E-state index is 0.0985. The second-order valence-corrected chi connectivity index (χ2v) is 13.1. The summed E-state index contributed by atoms with van der Waals surface area (Å²) in [5.41, 5.74) is 0.161. The number of nitrogens with one attached hydrogen (secondary N) is 3. The summed E-state index contributed by atoms with van der Waals surface area (Å²) in [5.74, 6) is -0.0854. The number of nitrogens with zero attached hydrogens (tertiary/aromatic N) is 2. The molecule has 43 heavy (non-hydrogen) atoms. The summed E-state index contributed by atoms with van der Waals surface area (Å²) < 4.78 is 10.9. The van der Waals surface area contributed by atoms with E-state index in [9.17, 15) is 19.2 Å². The average Bonchev–Trinajstić information content (AvgIpc) is 3.36. The summed E-state index contributed by atoms with van der Waals surface area (Å²) in [7, 11) is 0. The van der Waals surface area contributed by atoms with Gasteiger partial charge >= 0.3 is 12.2 Å². The highest BCUT2D eigenvalue weighted by Crippen LogP contribution is 2.34. The van der Waals surface area contributed by atoms with E-state index in [2.05, 4.69) is 33.1 Å². The molecule has 2 heterocycles. The largest absolute Gasteiger partial charge is 0.444 e. The van der Waals surface area contributed by atoms with E-state index >= 15 is 0 Å². The Morgan fingerprint density at radius 3 is 2.35 bits per heavy atom. The first-order valence-electron chi connectivity index (χ1n) is 15.0. The molecule has 0 aromatic carbocycles. The lowest BCUT2D eigenvalue weighted by Gasteiger charge is -2.28. The van der Waals surface area contributed by atoms with E-state index in [4.69, 9.17) is 9.47 Å². The maximum absolute atomic E-state index is 13.4. The molecule has 1 aliphatic heterocycles. The van der Waals surface area contributed by atoms with Crippen molar-refractivity contribution in [2.45, 2.75) is 104 Å². The first-order valence-corrected chi connectivity index (χ1v) is 15.0. The van der Waals surface area contributed by atoms with Crippen molar-refractivity contribution in [3.63, 3.8) is 0 Å². The number of likely N-dealkylation sites (tertiary alicyclic amines) is 1. The molecule has 11 heteroatoms. The third kappa shape index (κ3) is 10.1. The molecular weight excluding hydrogens is 550 g/mol. The Morgan fingerprint density at radius 2 is 1.74 bits per heavy atom. The molecule has 1 aromatic heterocycles. The maximum atomic E-state index is 13.4. The molecule has 236 valence electrons. The number of pyridine rings is 1. The molecule has 1 fully saturated rings. The third-order valence-electron chi connectivity index (χ3n) is 7.12. The van der Waals surface area contributed by atoms with Crippen molar-refractivity contribution < 1.29 is 28.7 Å². The van der Waals surface area contributed by atoms with Gasteiger partial charge in [0.2, 0.25) is 11.8 Å². The quantitative estimate of drug-likeness (QED) is 0.389. The van der Waals surface area contributed by atoms with Crippen LogP contribution in [0.1, 0.15) is 79.5 Å². The van der Waals surface area contributed by atoms with Crippen LogP contribution in [-0.4, -0.2) is 63.7 Å². The van der Waals surface area contributed by atoms with Crippen LogP contribution in [0.25, 0.3) is 0 Å². The molecule has 11 nitrogen and oxygen atoms in total. The highest BCUT2D eigenvalue weighted by Gasteiger charge is 2.43. The normalized spacial score (nSPS) is 20.7. The van der Waals surface area contributed by atoms with Crippen LogP contribution in [0.3, 0.4) is 0 Å². The van der Waals surface area contributed by atoms with E-state index in [1.807, 2.05) is 19.1 Å². The number of amides is 4. The summed E-state index contributed by atoms with van der Waals surface area (Å²) in [4.78, 5) is 57.6. The SMILES string of the molecule is CCc1nc(NC(=O)OC(C)(C)C)ccc1CNC(=O)[C@H](C)NC(=O)[C@H]1C[C@H](C2C=CC=CC2)CN1C(=O)OC(C)(C)C. The molecule has 2 aliphatic rings. The number of aryl methyl sites for hydroxylation is 1. The summed E-state index contributed by atoms with van der Waals surface area (Å²) in [6.45, 7) is 14.8. The van der Waals surface area contributed by atoms with Crippen molar-refractivity contribution in [1.82, 2.24) is 20.5 Å². The average molecular weight is 598 g/mol. The lowest BCUT2D eigenvalue weighted by atomic mass is 9.85. The second-order valence-electron chi connectivity index (χ2n) is 13.1. The number of anilines is 1. The monoisotopic (exact) mass is 597 g/mol. The number of ether oxygens (including phenoxy) is 2. The van der Waals surface area contributed by atoms with E-state index < -0.39 is 35.5 Å². The molecule has 1 unspecified atom stereocenters. The summed E-state index contributed by atoms with van der Waals surface area (Å²) in [6.07, 6.45) is 8.98. The number of carbonyl (C=O) groups excluding carboxylic acids is 4. The number of hydrogen-bond acceptors (Lipinski definition) is 7. The molecule has 3 rings (SSSR count). The maximum Gasteiger partial charge on any atom is 0.413 e. The van der Waals surface area contributed by atoms with Gasteiger partial charge in [0.05, 0.1) is 0 Å². The molecular formula is C32H47N5O6. The first kappa shape index (κ1) is 33.6. The van der Waals surface area contributed by atoms with Gasteiger partial charge in [-0.05, 0) is 91.2 Å². The Labute approximate surface area is 254 Å². The Morgan fingerprint density at radius 1 is 1.05 bits per heavy atom. The van der Waals surface area contributed by atoms with Crippen LogP contribution in [0.15, 0.2) is 36.4 Å². The molecule has 0 radical (unpaired) electrons. The standard InChI is InChI=1S/C32H47N5O6/c1-9-24-22(15-16-26(35-24)36-29(40)42-31(3,4)5)18-33-27(38)20(2)34-28(39)25-17-23(21-13-11-10-12-14-21)19-37(25)30(41)43-32(6,7)8/h10-13,15-16,20-21,23,25H,9,14,17-19H2,1-8H3,(H,33,38)(H,34,39)(H,35,36,40)/t20-,21?,23-,25+/m0/s1. The second kappa shape index (κ2) is 14.1. The number of hydrogen-bond donors (Lipinski definition) is 3. The topological polar surface area (TPSA) is 139 Å². The zero-order valence-electron chi connectivity index (χ0n) is 26.7. The van der Waals surface area contributed by atoms with E-state index in [-0.39, 0.29) is 30.2 Å². The summed E-state index contributed by atoms with van der Waals surface area (Å²) >= 11 is 0. The van der Waals surface area contributed by atoms with E-state index in [1.165, 1.54) is 4.90 Å². The third-order valence-corrected chi connectivity index (χ3v) is 7.12. The molecule has 1 aliphatic carbocycles. The number of rotatable bonds is 8. The van der Waals surface area contributed by atoms with Gasteiger partial charge in [0.15, 0.2) is 0 Å². The fraction of sp³-hybridized carbons (Fsp3) is 0.594. The van der Waals surface area contributed by atoms with E-state index in [0.29, 0.717) is 30.9 Å². The Hall–Kier alpha value is -3.89. The van der Waals surface area contributed by atoms with Gasteiger partial charge in [-0.25, -0.2) is 14.6 Å². The van der Waals surface area contributed by atoms with Gasteiger partial charge in [-0.2, -0.15) is 0 Å². The van der Waals surface area contributed by atoms with Crippen LogP contribution in [0.4, 0.5) is 15.4 Å². The van der Waals surface area contributed by atoms with Gasteiger partial charge in [-0.15, -0.1) is 0 Å². The van der Waals surface area contributed by atoms with Crippen molar-refractivity contribution in [2.24, 2.45) is 11.8 Å². The van der Waals surface area contributed by atoms with Crippen molar-refractivity contribution in [3.8, 4) is 0 Å². The predicted octanol–water partition coefficient (Wildman–Crippen LogP) is 4.87.